The third-order valence-corrected chi connectivity index (χ3v) is 7.39. The number of hydrogen-bond acceptors (Lipinski definition) is 3. The largest absolute Gasteiger partial charge is 0.361 e. The molecule has 1 saturated heterocycles. The number of aromatic amines is 1. The van der Waals surface area contributed by atoms with E-state index in [0.717, 1.165) is 28.1 Å². The predicted octanol–water partition coefficient (Wildman–Crippen LogP) is 5.38. The lowest BCUT2D eigenvalue weighted by atomic mass is 9.86. The summed E-state index contributed by atoms with van der Waals surface area (Å²) in [6, 6.07) is 19.9. The van der Waals surface area contributed by atoms with E-state index in [1.807, 2.05) is 71.9 Å². The summed E-state index contributed by atoms with van der Waals surface area (Å²) in [5.41, 5.74) is 4.29. The predicted molar refractivity (Wildman–Crippen MR) is 133 cm³/mol. The molecule has 0 aliphatic carbocycles. The molecule has 1 aliphatic heterocycles. The van der Waals surface area contributed by atoms with Crippen LogP contribution in [-0.4, -0.2) is 23.3 Å². The van der Waals surface area contributed by atoms with Crippen LogP contribution in [-0.2, 0) is 16.0 Å². The number of benzene rings is 2. The van der Waals surface area contributed by atoms with Crippen LogP contribution in [0.25, 0.3) is 10.9 Å². The molecular weight excluding hydrogens is 430 g/mol. The van der Waals surface area contributed by atoms with Crippen molar-refractivity contribution >= 4 is 39.7 Å². The quantitative estimate of drug-likeness (QED) is 0.408. The van der Waals surface area contributed by atoms with Crippen LogP contribution in [0, 0.1) is 12.8 Å². The van der Waals surface area contributed by atoms with E-state index in [1.165, 1.54) is 10.9 Å². The van der Waals surface area contributed by atoms with Crippen molar-refractivity contribution in [2.45, 2.75) is 32.2 Å². The maximum atomic E-state index is 13.4. The first-order valence-electron chi connectivity index (χ1n) is 11.4. The number of rotatable bonds is 6. The Labute approximate surface area is 197 Å². The van der Waals surface area contributed by atoms with Crippen LogP contribution in [0.15, 0.2) is 72.2 Å². The van der Waals surface area contributed by atoms with Crippen molar-refractivity contribution in [2.24, 2.45) is 5.92 Å². The van der Waals surface area contributed by atoms with E-state index in [4.69, 9.17) is 0 Å². The topological polar surface area (TPSA) is 65.2 Å². The van der Waals surface area contributed by atoms with Crippen molar-refractivity contribution < 1.29 is 9.59 Å². The number of carbonyl (C=O) groups is 2. The molecule has 1 fully saturated rings. The van der Waals surface area contributed by atoms with Crippen molar-refractivity contribution in [3.05, 3.63) is 88.2 Å². The molecule has 1 aliphatic rings. The van der Waals surface area contributed by atoms with Crippen LogP contribution >= 0.6 is 11.3 Å². The Balaban J connectivity index is 1.35. The van der Waals surface area contributed by atoms with Crippen LogP contribution in [0.4, 0.5) is 5.69 Å². The molecule has 168 valence electrons. The highest BCUT2D eigenvalue weighted by Crippen LogP contribution is 2.41. The number of anilines is 1. The molecule has 3 heterocycles. The summed E-state index contributed by atoms with van der Waals surface area (Å²) >= 11 is 1.60. The zero-order valence-electron chi connectivity index (χ0n) is 18.6. The van der Waals surface area contributed by atoms with Gasteiger partial charge in [0, 0.05) is 40.6 Å². The number of aromatic nitrogens is 1. The molecule has 33 heavy (non-hydrogen) atoms. The summed E-state index contributed by atoms with van der Waals surface area (Å²) in [5, 5.41) is 6.36. The van der Waals surface area contributed by atoms with Crippen molar-refractivity contribution in [3.8, 4) is 0 Å². The Morgan fingerprint density at radius 1 is 1.12 bits per heavy atom. The van der Waals surface area contributed by atoms with E-state index in [1.54, 1.807) is 11.3 Å². The monoisotopic (exact) mass is 457 g/mol. The first kappa shape index (κ1) is 21.5. The van der Waals surface area contributed by atoms with Crippen LogP contribution in [0.2, 0.25) is 0 Å². The number of amides is 2. The fraction of sp³-hybridized carbons (Fsp3) is 0.259. The van der Waals surface area contributed by atoms with Crippen molar-refractivity contribution in [2.75, 3.05) is 11.4 Å². The molecule has 0 radical (unpaired) electrons. The Kier molecular flexibility index (Phi) is 6.01. The van der Waals surface area contributed by atoms with Gasteiger partial charge in [0.05, 0.1) is 12.0 Å². The molecular formula is C27H27N3O2S. The lowest BCUT2D eigenvalue weighted by Crippen LogP contribution is -2.48. The number of H-pyrrole nitrogens is 1. The van der Waals surface area contributed by atoms with E-state index in [2.05, 4.69) is 22.4 Å². The number of carbonyl (C=O) groups excluding carboxylic acids is 2. The third kappa shape index (κ3) is 4.31. The summed E-state index contributed by atoms with van der Waals surface area (Å²) in [4.78, 5) is 32.6. The van der Waals surface area contributed by atoms with Gasteiger partial charge in [0.15, 0.2) is 0 Å². The Hall–Kier alpha value is -3.38. The number of nitrogens with zero attached hydrogens (tertiary/aromatic N) is 1. The zero-order chi connectivity index (χ0) is 22.8. The minimum atomic E-state index is -0.290. The molecule has 0 bridgehead atoms. The number of fused-ring (bicyclic) bond motifs is 1. The normalized spacial score (nSPS) is 18.6. The second-order valence-electron chi connectivity index (χ2n) is 8.61. The standard InChI is InChI=1S/C27H27N3O2S/c1-18-8-10-20(11-9-18)30-25(31)13-12-22(26(30)24-7-4-16-33-24)27(32)28-15-14-19-17-29-23-6-3-2-5-21(19)23/h2-11,16-17,22,26,29H,12-15H2,1H3,(H,28,32)/t22-,26+/m0/s1. The molecule has 4 aromatic rings. The highest BCUT2D eigenvalue weighted by atomic mass is 32.1. The molecule has 2 aromatic heterocycles. The van der Waals surface area contributed by atoms with Gasteiger partial charge in [-0.25, -0.2) is 0 Å². The van der Waals surface area contributed by atoms with Gasteiger partial charge in [-0.3, -0.25) is 9.59 Å². The molecule has 0 saturated carbocycles. The smallest absolute Gasteiger partial charge is 0.227 e. The fourth-order valence-corrected chi connectivity index (χ4v) is 5.63. The molecule has 5 rings (SSSR count). The van der Waals surface area contributed by atoms with Crippen LogP contribution in [0.5, 0.6) is 0 Å². The minimum absolute atomic E-state index is 0.0119. The molecule has 5 nitrogen and oxygen atoms in total. The third-order valence-electron chi connectivity index (χ3n) is 6.45. The van der Waals surface area contributed by atoms with Gasteiger partial charge in [-0.2, -0.15) is 0 Å². The van der Waals surface area contributed by atoms with E-state index in [-0.39, 0.29) is 23.8 Å². The van der Waals surface area contributed by atoms with Crippen molar-refractivity contribution in [3.63, 3.8) is 0 Å². The summed E-state index contributed by atoms with van der Waals surface area (Å²) in [6.07, 6.45) is 3.70. The minimum Gasteiger partial charge on any atom is -0.361 e. The lowest BCUT2D eigenvalue weighted by Gasteiger charge is -2.40. The van der Waals surface area contributed by atoms with Gasteiger partial charge >= 0.3 is 0 Å². The van der Waals surface area contributed by atoms with E-state index < -0.39 is 0 Å². The lowest BCUT2D eigenvalue weighted by molar-refractivity contribution is -0.129. The van der Waals surface area contributed by atoms with E-state index in [9.17, 15) is 9.59 Å². The van der Waals surface area contributed by atoms with Gasteiger partial charge < -0.3 is 15.2 Å². The molecule has 6 heteroatoms. The summed E-state index contributed by atoms with van der Waals surface area (Å²) < 4.78 is 0. The Morgan fingerprint density at radius 3 is 2.73 bits per heavy atom. The van der Waals surface area contributed by atoms with Gasteiger partial charge in [0.1, 0.15) is 0 Å². The van der Waals surface area contributed by atoms with E-state index in [0.29, 0.717) is 19.4 Å². The van der Waals surface area contributed by atoms with Gasteiger partial charge in [-0.15, -0.1) is 11.3 Å². The number of piperidine rings is 1. The fourth-order valence-electron chi connectivity index (χ4n) is 4.75. The van der Waals surface area contributed by atoms with Crippen LogP contribution in [0.1, 0.15) is 34.9 Å². The second kappa shape index (κ2) is 9.24. The van der Waals surface area contributed by atoms with Crippen molar-refractivity contribution in [1.82, 2.24) is 10.3 Å². The Bertz CT molecular complexity index is 1260. The first-order valence-corrected chi connectivity index (χ1v) is 12.2. The number of hydrogen-bond donors (Lipinski definition) is 2. The number of para-hydroxylation sites is 1. The SMILES string of the molecule is Cc1ccc(N2C(=O)CC[C@H](C(=O)NCCc3c[nH]c4ccccc34)[C@@H]2c2cccs2)cc1. The highest BCUT2D eigenvalue weighted by Gasteiger charge is 2.41. The number of thiophene rings is 1. The number of aryl methyl sites for hydroxylation is 1. The second-order valence-corrected chi connectivity index (χ2v) is 9.58. The molecule has 2 amide bonds. The molecule has 2 atom stereocenters. The summed E-state index contributed by atoms with van der Waals surface area (Å²) in [5.74, 6) is -0.205. The molecule has 0 unspecified atom stereocenters. The average Bonchev–Trinajstić information content (AvgIpc) is 3.50. The Morgan fingerprint density at radius 2 is 1.94 bits per heavy atom. The molecule has 2 N–H and O–H groups in total. The van der Waals surface area contributed by atoms with Gasteiger partial charge in [0.25, 0.3) is 0 Å². The maximum Gasteiger partial charge on any atom is 0.227 e. The van der Waals surface area contributed by atoms with Gasteiger partial charge in [-0.05, 0) is 55.0 Å². The summed E-state index contributed by atoms with van der Waals surface area (Å²) in [6.45, 7) is 2.59. The van der Waals surface area contributed by atoms with Crippen LogP contribution < -0.4 is 10.2 Å². The highest BCUT2D eigenvalue weighted by molar-refractivity contribution is 7.10. The summed E-state index contributed by atoms with van der Waals surface area (Å²) in [7, 11) is 0. The maximum absolute atomic E-state index is 13.4. The zero-order valence-corrected chi connectivity index (χ0v) is 19.4. The van der Waals surface area contributed by atoms with Gasteiger partial charge in [0.2, 0.25) is 11.8 Å². The van der Waals surface area contributed by atoms with Crippen molar-refractivity contribution in [1.29, 1.82) is 0 Å². The first-order chi connectivity index (χ1) is 16.1. The molecule has 2 aromatic carbocycles. The molecule has 0 spiro atoms. The number of nitrogens with one attached hydrogen (secondary N) is 2. The van der Waals surface area contributed by atoms with Crippen LogP contribution in [0.3, 0.4) is 0 Å². The van der Waals surface area contributed by atoms with Gasteiger partial charge in [-0.1, -0.05) is 42.0 Å². The van der Waals surface area contributed by atoms with E-state index >= 15 is 0 Å². The average molecular weight is 458 g/mol.